The number of para-hydroxylation sites is 1. The molecule has 0 spiro atoms. The van der Waals surface area contributed by atoms with Crippen molar-refractivity contribution < 1.29 is 19.1 Å². The van der Waals surface area contributed by atoms with Gasteiger partial charge in [-0.05, 0) is 42.3 Å². The van der Waals surface area contributed by atoms with Crippen molar-refractivity contribution in [1.29, 1.82) is 0 Å². The predicted molar refractivity (Wildman–Crippen MR) is 100 cm³/mol. The molecule has 1 aliphatic heterocycles. The average molecular weight is 355 g/mol. The molecule has 2 aromatic carbocycles. The Balaban J connectivity index is 1.74. The first kappa shape index (κ1) is 17.6. The van der Waals surface area contributed by atoms with Gasteiger partial charge in [-0.25, -0.2) is 4.79 Å². The topological polar surface area (TPSA) is 79.9 Å². The van der Waals surface area contributed by atoms with Gasteiger partial charge < -0.3 is 25.0 Å². The van der Waals surface area contributed by atoms with Gasteiger partial charge >= 0.3 is 6.03 Å². The zero-order chi connectivity index (χ0) is 18.7. The summed E-state index contributed by atoms with van der Waals surface area (Å²) in [5.41, 5.74) is 3.07. The molecule has 0 saturated carbocycles. The number of rotatable bonds is 4. The fourth-order valence-electron chi connectivity index (χ4n) is 3.00. The summed E-state index contributed by atoms with van der Waals surface area (Å²) in [6.45, 7) is 0. The molecule has 2 aromatic rings. The molecule has 3 rings (SSSR count). The van der Waals surface area contributed by atoms with Crippen molar-refractivity contribution in [2.24, 2.45) is 0 Å². The zero-order valence-corrected chi connectivity index (χ0v) is 15.0. The van der Waals surface area contributed by atoms with E-state index in [1.54, 1.807) is 36.2 Å². The minimum atomic E-state index is -0.392. The van der Waals surface area contributed by atoms with Gasteiger partial charge in [-0.1, -0.05) is 6.07 Å². The highest BCUT2D eigenvalue weighted by molar-refractivity contribution is 6.02. The van der Waals surface area contributed by atoms with Gasteiger partial charge in [0.2, 0.25) is 5.91 Å². The van der Waals surface area contributed by atoms with E-state index in [4.69, 9.17) is 9.47 Å². The third-order valence-electron chi connectivity index (χ3n) is 4.33. The number of hydrogen-bond acceptors (Lipinski definition) is 4. The van der Waals surface area contributed by atoms with Crippen LogP contribution in [0.1, 0.15) is 12.0 Å². The summed E-state index contributed by atoms with van der Waals surface area (Å²) in [4.78, 5) is 25.8. The highest BCUT2D eigenvalue weighted by atomic mass is 16.5. The molecular formula is C19H21N3O4. The number of carbonyl (C=O) groups is 2. The van der Waals surface area contributed by atoms with Crippen LogP contribution in [0.4, 0.5) is 21.9 Å². The fraction of sp³-hybridized carbons (Fsp3) is 0.263. The van der Waals surface area contributed by atoms with Gasteiger partial charge in [0, 0.05) is 24.8 Å². The standard InChI is InChI=1S/C19H21N3O4/c1-22-15-9-8-13(11-12(15)7-10-17(22)23)20-19(24)21-14-5-4-6-16(25-2)18(14)26-3/h4-6,8-9,11H,7,10H2,1-3H3,(H2,20,21,24). The number of anilines is 3. The van der Waals surface area contributed by atoms with E-state index in [9.17, 15) is 9.59 Å². The molecule has 136 valence electrons. The Hall–Kier alpha value is -3.22. The Bertz CT molecular complexity index is 851. The van der Waals surface area contributed by atoms with Crippen molar-refractivity contribution >= 4 is 29.0 Å². The summed E-state index contributed by atoms with van der Waals surface area (Å²) in [7, 11) is 4.81. The number of ether oxygens (including phenoxy) is 2. The van der Waals surface area contributed by atoms with Crippen LogP contribution in [0.15, 0.2) is 36.4 Å². The van der Waals surface area contributed by atoms with E-state index >= 15 is 0 Å². The van der Waals surface area contributed by atoms with Gasteiger partial charge in [0.25, 0.3) is 0 Å². The van der Waals surface area contributed by atoms with Gasteiger partial charge in [-0.2, -0.15) is 0 Å². The Morgan fingerprint density at radius 2 is 1.88 bits per heavy atom. The van der Waals surface area contributed by atoms with E-state index in [0.717, 1.165) is 11.3 Å². The Morgan fingerprint density at radius 3 is 2.62 bits per heavy atom. The van der Waals surface area contributed by atoms with Crippen LogP contribution in [-0.2, 0) is 11.2 Å². The van der Waals surface area contributed by atoms with Gasteiger partial charge in [-0.3, -0.25) is 4.79 Å². The van der Waals surface area contributed by atoms with Crippen LogP contribution in [0.25, 0.3) is 0 Å². The summed E-state index contributed by atoms with van der Waals surface area (Å²) in [6, 6.07) is 10.4. The molecular weight excluding hydrogens is 334 g/mol. The molecule has 2 N–H and O–H groups in total. The zero-order valence-electron chi connectivity index (χ0n) is 15.0. The molecule has 7 nitrogen and oxygen atoms in total. The van der Waals surface area contributed by atoms with Crippen LogP contribution < -0.4 is 25.0 Å². The average Bonchev–Trinajstić information content (AvgIpc) is 2.64. The number of aryl methyl sites for hydroxylation is 1. The molecule has 0 saturated heterocycles. The molecule has 0 aromatic heterocycles. The maximum absolute atomic E-state index is 12.4. The van der Waals surface area contributed by atoms with Crippen LogP contribution >= 0.6 is 0 Å². The normalized spacial score (nSPS) is 13.0. The van der Waals surface area contributed by atoms with Crippen molar-refractivity contribution in [2.75, 3.05) is 36.8 Å². The lowest BCUT2D eigenvalue weighted by Gasteiger charge is -2.26. The third-order valence-corrected chi connectivity index (χ3v) is 4.33. The minimum Gasteiger partial charge on any atom is -0.493 e. The Labute approximate surface area is 151 Å². The van der Waals surface area contributed by atoms with Crippen LogP contribution in [-0.4, -0.2) is 33.2 Å². The van der Waals surface area contributed by atoms with Crippen molar-refractivity contribution in [3.05, 3.63) is 42.0 Å². The predicted octanol–water partition coefficient (Wildman–Crippen LogP) is 3.26. The molecule has 1 heterocycles. The van der Waals surface area contributed by atoms with Crippen molar-refractivity contribution in [2.45, 2.75) is 12.8 Å². The second-order valence-corrected chi connectivity index (χ2v) is 5.92. The van der Waals surface area contributed by atoms with Gasteiger partial charge in [0.15, 0.2) is 11.5 Å². The quantitative estimate of drug-likeness (QED) is 0.882. The molecule has 1 aliphatic rings. The van der Waals surface area contributed by atoms with E-state index in [0.29, 0.717) is 35.7 Å². The molecule has 0 bridgehead atoms. The SMILES string of the molecule is COc1cccc(NC(=O)Nc2ccc3c(c2)CCC(=O)N3C)c1OC. The molecule has 0 atom stereocenters. The molecule has 0 unspecified atom stereocenters. The first-order valence-electron chi connectivity index (χ1n) is 8.22. The molecule has 0 aliphatic carbocycles. The largest absolute Gasteiger partial charge is 0.493 e. The Morgan fingerprint density at radius 1 is 1.08 bits per heavy atom. The summed E-state index contributed by atoms with van der Waals surface area (Å²) in [5, 5.41) is 5.57. The molecule has 0 fully saturated rings. The highest BCUT2D eigenvalue weighted by Crippen LogP contribution is 2.35. The van der Waals surface area contributed by atoms with Crippen LogP contribution in [0.3, 0.4) is 0 Å². The number of benzene rings is 2. The maximum atomic E-state index is 12.4. The number of amides is 3. The number of nitrogens with one attached hydrogen (secondary N) is 2. The van der Waals surface area contributed by atoms with Gasteiger partial charge in [-0.15, -0.1) is 0 Å². The first-order valence-corrected chi connectivity index (χ1v) is 8.22. The van der Waals surface area contributed by atoms with Crippen molar-refractivity contribution in [1.82, 2.24) is 0 Å². The smallest absolute Gasteiger partial charge is 0.323 e. The van der Waals surface area contributed by atoms with Crippen LogP contribution in [0.2, 0.25) is 0 Å². The van der Waals surface area contributed by atoms with E-state index in [2.05, 4.69) is 10.6 Å². The lowest BCUT2D eigenvalue weighted by atomic mass is 10.0. The summed E-state index contributed by atoms with van der Waals surface area (Å²) in [6.07, 6.45) is 1.14. The lowest BCUT2D eigenvalue weighted by Crippen LogP contribution is -2.31. The second-order valence-electron chi connectivity index (χ2n) is 5.92. The lowest BCUT2D eigenvalue weighted by molar-refractivity contribution is -0.118. The van der Waals surface area contributed by atoms with Crippen molar-refractivity contribution in [3.8, 4) is 11.5 Å². The number of hydrogen-bond donors (Lipinski definition) is 2. The van der Waals surface area contributed by atoms with Crippen molar-refractivity contribution in [3.63, 3.8) is 0 Å². The summed E-state index contributed by atoms with van der Waals surface area (Å²) in [5.74, 6) is 1.09. The van der Waals surface area contributed by atoms with Crippen LogP contribution in [0.5, 0.6) is 11.5 Å². The number of fused-ring (bicyclic) bond motifs is 1. The minimum absolute atomic E-state index is 0.0982. The van der Waals surface area contributed by atoms with Gasteiger partial charge in [0.05, 0.1) is 19.9 Å². The molecule has 0 radical (unpaired) electrons. The van der Waals surface area contributed by atoms with E-state index in [1.165, 1.54) is 14.2 Å². The monoisotopic (exact) mass is 355 g/mol. The molecule has 26 heavy (non-hydrogen) atoms. The van der Waals surface area contributed by atoms with Gasteiger partial charge in [0.1, 0.15) is 0 Å². The van der Waals surface area contributed by atoms with E-state index in [-0.39, 0.29) is 5.91 Å². The summed E-state index contributed by atoms with van der Waals surface area (Å²) >= 11 is 0. The molecule has 3 amide bonds. The first-order chi connectivity index (χ1) is 12.5. The second kappa shape index (κ2) is 7.35. The number of nitrogens with zero attached hydrogens (tertiary/aromatic N) is 1. The highest BCUT2D eigenvalue weighted by Gasteiger charge is 2.21. The number of carbonyl (C=O) groups excluding carboxylic acids is 2. The summed E-state index contributed by atoms with van der Waals surface area (Å²) < 4.78 is 10.5. The molecule has 7 heteroatoms. The van der Waals surface area contributed by atoms with Crippen LogP contribution in [0, 0.1) is 0 Å². The number of methoxy groups -OCH3 is 2. The van der Waals surface area contributed by atoms with E-state index in [1.807, 2.05) is 12.1 Å². The third kappa shape index (κ3) is 3.42. The number of urea groups is 1. The maximum Gasteiger partial charge on any atom is 0.323 e. The van der Waals surface area contributed by atoms with E-state index < -0.39 is 6.03 Å². The Kier molecular flexibility index (Phi) is 4.97. The fourth-order valence-corrected chi connectivity index (χ4v) is 3.00.